The average molecular weight is 219 g/mol. The van der Waals surface area contributed by atoms with E-state index in [9.17, 15) is 4.79 Å². The van der Waals surface area contributed by atoms with E-state index in [2.05, 4.69) is 17.5 Å². The van der Waals surface area contributed by atoms with Crippen molar-refractivity contribution in [2.45, 2.75) is 19.9 Å². The number of aryl methyl sites for hydroxylation is 2. The molecule has 0 N–H and O–H groups in total. The first-order valence-electron chi connectivity index (χ1n) is 4.96. The van der Waals surface area contributed by atoms with Crippen molar-refractivity contribution in [3.05, 3.63) is 46.4 Å². The second kappa shape index (κ2) is 4.45. The van der Waals surface area contributed by atoms with Gasteiger partial charge in [0.15, 0.2) is 5.78 Å². The van der Waals surface area contributed by atoms with Gasteiger partial charge in [-0.25, -0.2) is 0 Å². The maximum atomic E-state index is 11.3. The van der Waals surface area contributed by atoms with Gasteiger partial charge in [-0.1, -0.05) is 6.07 Å². The lowest BCUT2D eigenvalue weighted by Gasteiger charge is -2.05. The molecule has 15 heavy (non-hydrogen) atoms. The highest BCUT2D eigenvalue weighted by molar-refractivity contribution is 7.09. The van der Waals surface area contributed by atoms with Crippen molar-refractivity contribution in [1.82, 2.24) is 4.57 Å². The molecule has 0 saturated heterocycles. The number of ketones is 1. The molecule has 0 aliphatic heterocycles. The Labute approximate surface area is 93.2 Å². The molecule has 0 amide bonds. The molecular weight excluding hydrogens is 206 g/mol. The van der Waals surface area contributed by atoms with E-state index in [0.717, 1.165) is 18.7 Å². The SMILES string of the molecule is CC(=O)c1cccn1CCc1cccs1. The Hall–Kier alpha value is -1.35. The number of rotatable bonds is 4. The number of carbonyl (C=O) groups is 1. The summed E-state index contributed by atoms with van der Waals surface area (Å²) >= 11 is 1.76. The Morgan fingerprint density at radius 1 is 1.40 bits per heavy atom. The molecule has 78 valence electrons. The first-order chi connectivity index (χ1) is 7.27. The van der Waals surface area contributed by atoms with E-state index in [0.29, 0.717) is 0 Å². The van der Waals surface area contributed by atoms with Crippen LogP contribution in [-0.4, -0.2) is 10.4 Å². The molecule has 0 saturated carbocycles. The average Bonchev–Trinajstić information content (AvgIpc) is 2.86. The summed E-state index contributed by atoms with van der Waals surface area (Å²) in [7, 11) is 0. The van der Waals surface area contributed by atoms with Crippen LogP contribution in [0.15, 0.2) is 35.8 Å². The Morgan fingerprint density at radius 3 is 2.93 bits per heavy atom. The van der Waals surface area contributed by atoms with Crippen LogP contribution in [0.5, 0.6) is 0 Å². The molecule has 0 aliphatic rings. The summed E-state index contributed by atoms with van der Waals surface area (Å²) in [6.45, 7) is 2.49. The van der Waals surface area contributed by atoms with Gasteiger partial charge in [0.1, 0.15) is 0 Å². The zero-order chi connectivity index (χ0) is 10.7. The highest BCUT2D eigenvalue weighted by Crippen LogP contribution is 2.11. The molecule has 0 unspecified atom stereocenters. The zero-order valence-electron chi connectivity index (χ0n) is 8.64. The van der Waals surface area contributed by atoms with Crippen LogP contribution in [0.2, 0.25) is 0 Å². The Kier molecular flexibility index (Phi) is 3.02. The summed E-state index contributed by atoms with van der Waals surface area (Å²) in [6.07, 6.45) is 2.96. The molecule has 0 bridgehead atoms. The van der Waals surface area contributed by atoms with Crippen LogP contribution < -0.4 is 0 Å². The number of carbonyl (C=O) groups excluding carboxylic acids is 1. The van der Waals surface area contributed by atoms with E-state index in [4.69, 9.17) is 0 Å². The van der Waals surface area contributed by atoms with Gasteiger partial charge in [-0.3, -0.25) is 4.79 Å². The van der Waals surface area contributed by atoms with Gasteiger partial charge < -0.3 is 4.57 Å². The quantitative estimate of drug-likeness (QED) is 0.724. The fourth-order valence-corrected chi connectivity index (χ4v) is 2.31. The van der Waals surface area contributed by atoms with Crippen molar-refractivity contribution in [2.24, 2.45) is 0 Å². The molecule has 0 fully saturated rings. The lowest BCUT2D eigenvalue weighted by Crippen LogP contribution is -2.06. The van der Waals surface area contributed by atoms with Crippen LogP contribution >= 0.6 is 11.3 Å². The Balaban J connectivity index is 2.05. The third kappa shape index (κ3) is 2.36. The van der Waals surface area contributed by atoms with Crippen LogP contribution in [-0.2, 0) is 13.0 Å². The summed E-state index contributed by atoms with van der Waals surface area (Å²) in [6, 6.07) is 7.98. The number of hydrogen-bond donors (Lipinski definition) is 0. The second-order valence-electron chi connectivity index (χ2n) is 3.47. The van der Waals surface area contributed by atoms with Crippen molar-refractivity contribution >= 4 is 17.1 Å². The normalized spacial score (nSPS) is 10.5. The van der Waals surface area contributed by atoms with Gasteiger partial charge in [-0.15, -0.1) is 11.3 Å². The van der Waals surface area contributed by atoms with E-state index in [-0.39, 0.29) is 5.78 Å². The summed E-state index contributed by atoms with van der Waals surface area (Å²) < 4.78 is 2.02. The van der Waals surface area contributed by atoms with Crippen LogP contribution in [0.4, 0.5) is 0 Å². The third-order valence-corrected chi connectivity index (χ3v) is 3.31. The van der Waals surface area contributed by atoms with E-state index in [1.54, 1.807) is 18.3 Å². The predicted octanol–water partition coefficient (Wildman–Crippen LogP) is 2.99. The van der Waals surface area contributed by atoms with Crippen molar-refractivity contribution in [3.8, 4) is 0 Å². The largest absolute Gasteiger partial charge is 0.345 e. The van der Waals surface area contributed by atoms with E-state index in [1.807, 2.05) is 22.9 Å². The van der Waals surface area contributed by atoms with E-state index < -0.39 is 0 Å². The minimum atomic E-state index is 0.131. The molecule has 0 aliphatic carbocycles. The maximum Gasteiger partial charge on any atom is 0.176 e. The van der Waals surface area contributed by atoms with Gasteiger partial charge in [0.25, 0.3) is 0 Å². The molecule has 0 spiro atoms. The first-order valence-corrected chi connectivity index (χ1v) is 5.84. The first kappa shape index (κ1) is 10.2. The molecule has 2 heterocycles. The maximum absolute atomic E-state index is 11.3. The predicted molar refractivity (Wildman–Crippen MR) is 62.5 cm³/mol. The van der Waals surface area contributed by atoms with Gasteiger partial charge in [0, 0.05) is 24.5 Å². The standard InChI is InChI=1S/C12H13NOS/c1-10(14)12-5-2-7-13(12)8-6-11-4-3-9-15-11/h2-5,7,9H,6,8H2,1H3. The summed E-state index contributed by atoms with van der Waals surface area (Å²) in [5.74, 6) is 0.131. The van der Waals surface area contributed by atoms with E-state index >= 15 is 0 Å². The molecule has 0 radical (unpaired) electrons. The number of nitrogens with zero attached hydrogens (tertiary/aromatic N) is 1. The van der Waals surface area contributed by atoms with Gasteiger partial charge in [-0.05, 0) is 30.0 Å². The van der Waals surface area contributed by atoms with Crippen LogP contribution in [0.1, 0.15) is 22.3 Å². The Morgan fingerprint density at radius 2 is 2.27 bits per heavy atom. The fraction of sp³-hybridized carbons (Fsp3) is 0.250. The minimum Gasteiger partial charge on any atom is -0.345 e. The smallest absolute Gasteiger partial charge is 0.176 e. The lowest BCUT2D eigenvalue weighted by atomic mass is 10.3. The lowest BCUT2D eigenvalue weighted by molar-refractivity contribution is 0.100. The third-order valence-electron chi connectivity index (χ3n) is 2.37. The zero-order valence-corrected chi connectivity index (χ0v) is 9.46. The molecule has 0 atom stereocenters. The summed E-state index contributed by atoms with van der Waals surface area (Å²) in [5, 5.41) is 2.08. The van der Waals surface area contributed by atoms with Crippen molar-refractivity contribution in [2.75, 3.05) is 0 Å². The second-order valence-corrected chi connectivity index (χ2v) is 4.50. The van der Waals surface area contributed by atoms with Crippen molar-refractivity contribution in [1.29, 1.82) is 0 Å². The number of aromatic nitrogens is 1. The number of Topliss-reactive ketones (excluding diaryl/α,β-unsaturated/α-hetero) is 1. The number of thiophene rings is 1. The van der Waals surface area contributed by atoms with Crippen LogP contribution in [0.25, 0.3) is 0 Å². The van der Waals surface area contributed by atoms with Crippen LogP contribution in [0, 0.1) is 0 Å². The molecule has 0 aromatic carbocycles. The Bertz CT molecular complexity index is 442. The van der Waals surface area contributed by atoms with Crippen molar-refractivity contribution in [3.63, 3.8) is 0 Å². The van der Waals surface area contributed by atoms with Gasteiger partial charge in [-0.2, -0.15) is 0 Å². The summed E-state index contributed by atoms with van der Waals surface area (Å²) in [5.41, 5.74) is 0.798. The minimum absolute atomic E-state index is 0.131. The molecule has 2 aromatic rings. The molecule has 2 rings (SSSR count). The molecule has 3 heteroatoms. The molecular formula is C12H13NOS. The van der Waals surface area contributed by atoms with E-state index in [1.165, 1.54) is 4.88 Å². The molecule has 2 aromatic heterocycles. The van der Waals surface area contributed by atoms with Gasteiger partial charge in [0.05, 0.1) is 5.69 Å². The van der Waals surface area contributed by atoms with Crippen LogP contribution in [0.3, 0.4) is 0 Å². The fourth-order valence-electron chi connectivity index (χ4n) is 1.61. The van der Waals surface area contributed by atoms with Gasteiger partial charge >= 0.3 is 0 Å². The van der Waals surface area contributed by atoms with Crippen molar-refractivity contribution < 1.29 is 4.79 Å². The highest BCUT2D eigenvalue weighted by Gasteiger charge is 2.05. The summed E-state index contributed by atoms with van der Waals surface area (Å²) in [4.78, 5) is 12.6. The highest BCUT2D eigenvalue weighted by atomic mass is 32.1. The monoisotopic (exact) mass is 219 g/mol. The number of hydrogen-bond acceptors (Lipinski definition) is 2. The topological polar surface area (TPSA) is 22.0 Å². The molecule has 2 nitrogen and oxygen atoms in total. The van der Waals surface area contributed by atoms with Gasteiger partial charge in [0.2, 0.25) is 0 Å².